The second-order valence-corrected chi connectivity index (χ2v) is 7.05. The molecule has 0 bridgehead atoms. The molecule has 2 aromatic rings. The van der Waals surface area contributed by atoms with Gasteiger partial charge in [0.1, 0.15) is 0 Å². The molecule has 2 rings (SSSR count). The average molecular weight is 311 g/mol. The standard InChI is InChI=1S/C14H17NO3S2/c1-9-5-12(17-3)13(18-4)6-14(9)20(16)8-11-7-15-10(2)19-11/h5-7H,8H2,1-4H3. The summed E-state index contributed by atoms with van der Waals surface area (Å²) >= 11 is 1.57. The van der Waals surface area contributed by atoms with Gasteiger partial charge in [0.15, 0.2) is 11.5 Å². The van der Waals surface area contributed by atoms with Gasteiger partial charge in [0.25, 0.3) is 0 Å². The van der Waals surface area contributed by atoms with Crippen molar-refractivity contribution in [3.8, 4) is 11.5 Å². The molecule has 0 aliphatic rings. The Kier molecular flexibility index (Phi) is 4.77. The minimum absolute atomic E-state index is 0.474. The van der Waals surface area contributed by atoms with E-state index in [1.807, 2.05) is 19.9 Å². The summed E-state index contributed by atoms with van der Waals surface area (Å²) in [4.78, 5) is 5.98. The number of methoxy groups -OCH3 is 2. The van der Waals surface area contributed by atoms with Gasteiger partial charge in [0, 0.05) is 22.0 Å². The van der Waals surface area contributed by atoms with Gasteiger partial charge in [-0.05, 0) is 25.5 Å². The number of hydrogen-bond donors (Lipinski definition) is 0. The summed E-state index contributed by atoms with van der Waals surface area (Å²) in [5, 5.41) is 0.987. The Morgan fingerprint density at radius 1 is 1.20 bits per heavy atom. The zero-order valence-corrected chi connectivity index (χ0v) is 13.6. The summed E-state index contributed by atoms with van der Waals surface area (Å²) in [6.45, 7) is 3.87. The molecule has 0 saturated heterocycles. The summed E-state index contributed by atoms with van der Waals surface area (Å²) in [5.74, 6) is 1.73. The maximum absolute atomic E-state index is 12.5. The van der Waals surface area contributed by atoms with Crippen LogP contribution < -0.4 is 9.47 Å². The first-order chi connectivity index (χ1) is 9.55. The Labute approximate surface area is 125 Å². The highest BCUT2D eigenvalue weighted by Gasteiger charge is 2.14. The molecule has 0 amide bonds. The third kappa shape index (κ3) is 3.19. The van der Waals surface area contributed by atoms with E-state index in [0.29, 0.717) is 17.3 Å². The molecule has 0 aliphatic heterocycles. The number of aromatic nitrogens is 1. The summed E-state index contributed by atoms with van der Waals surface area (Å²) < 4.78 is 23.0. The second-order valence-electron chi connectivity index (χ2n) is 4.31. The molecular formula is C14H17NO3S2. The van der Waals surface area contributed by atoms with Crippen LogP contribution in [0, 0.1) is 13.8 Å². The number of aryl methyl sites for hydroxylation is 2. The number of rotatable bonds is 5. The van der Waals surface area contributed by atoms with Crippen molar-refractivity contribution in [3.05, 3.63) is 33.8 Å². The third-order valence-electron chi connectivity index (χ3n) is 2.87. The van der Waals surface area contributed by atoms with E-state index in [4.69, 9.17) is 9.47 Å². The highest BCUT2D eigenvalue weighted by atomic mass is 32.2. The van der Waals surface area contributed by atoms with Gasteiger partial charge in [0.05, 0.1) is 35.8 Å². The molecule has 1 unspecified atom stereocenters. The lowest BCUT2D eigenvalue weighted by Crippen LogP contribution is -2.00. The van der Waals surface area contributed by atoms with Crippen LogP contribution >= 0.6 is 11.3 Å². The highest BCUT2D eigenvalue weighted by molar-refractivity contribution is 7.84. The van der Waals surface area contributed by atoms with Crippen LogP contribution in [-0.2, 0) is 16.6 Å². The molecule has 0 N–H and O–H groups in total. The quantitative estimate of drug-likeness (QED) is 0.851. The first kappa shape index (κ1) is 15.0. The smallest absolute Gasteiger partial charge is 0.161 e. The molecule has 0 spiro atoms. The van der Waals surface area contributed by atoms with E-state index in [9.17, 15) is 4.21 Å². The Hall–Kier alpha value is -1.40. The first-order valence-corrected chi connectivity index (χ1v) is 8.21. The lowest BCUT2D eigenvalue weighted by Gasteiger charge is -2.12. The number of benzene rings is 1. The predicted molar refractivity (Wildman–Crippen MR) is 81.2 cm³/mol. The zero-order chi connectivity index (χ0) is 14.7. The molecule has 6 heteroatoms. The molecule has 0 radical (unpaired) electrons. The molecule has 1 aromatic heterocycles. The largest absolute Gasteiger partial charge is 0.493 e. The lowest BCUT2D eigenvalue weighted by atomic mass is 10.2. The van der Waals surface area contributed by atoms with Gasteiger partial charge < -0.3 is 9.47 Å². The molecule has 1 aromatic carbocycles. The monoisotopic (exact) mass is 311 g/mol. The summed E-state index contributed by atoms with van der Waals surface area (Å²) in [6.07, 6.45) is 1.79. The van der Waals surface area contributed by atoms with Crippen molar-refractivity contribution >= 4 is 22.1 Å². The summed E-state index contributed by atoms with van der Waals surface area (Å²) in [7, 11) is 2.05. The van der Waals surface area contributed by atoms with Gasteiger partial charge in [0.2, 0.25) is 0 Å². The van der Waals surface area contributed by atoms with Crippen LogP contribution in [0.3, 0.4) is 0 Å². The molecule has 0 fully saturated rings. The SMILES string of the molecule is COc1cc(C)c(S(=O)Cc2cnc(C)s2)cc1OC. The number of thiazole rings is 1. The van der Waals surface area contributed by atoms with Crippen molar-refractivity contribution in [1.82, 2.24) is 4.98 Å². The first-order valence-electron chi connectivity index (χ1n) is 6.07. The Bertz CT molecular complexity index is 637. The maximum atomic E-state index is 12.5. The molecule has 1 heterocycles. The van der Waals surface area contributed by atoms with Crippen LogP contribution in [0.4, 0.5) is 0 Å². The minimum Gasteiger partial charge on any atom is -0.493 e. The number of ether oxygens (including phenoxy) is 2. The Morgan fingerprint density at radius 3 is 2.40 bits per heavy atom. The fourth-order valence-electron chi connectivity index (χ4n) is 1.89. The maximum Gasteiger partial charge on any atom is 0.161 e. The molecule has 0 saturated carbocycles. The second kappa shape index (κ2) is 6.37. The van der Waals surface area contributed by atoms with Gasteiger partial charge in [-0.25, -0.2) is 4.98 Å². The van der Waals surface area contributed by atoms with Crippen molar-refractivity contribution in [2.45, 2.75) is 24.5 Å². The van der Waals surface area contributed by atoms with Gasteiger partial charge in [-0.15, -0.1) is 11.3 Å². The third-order valence-corrected chi connectivity index (χ3v) is 5.47. The summed E-state index contributed by atoms with van der Waals surface area (Å²) in [6, 6.07) is 3.64. The molecule has 1 atom stereocenters. The normalized spacial score (nSPS) is 12.2. The fourth-order valence-corrected chi connectivity index (χ4v) is 4.18. The van der Waals surface area contributed by atoms with Crippen LogP contribution in [-0.4, -0.2) is 23.4 Å². The van der Waals surface area contributed by atoms with E-state index in [-0.39, 0.29) is 0 Å². The molecular weight excluding hydrogens is 294 g/mol. The zero-order valence-electron chi connectivity index (χ0n) is 11.9. The molecule has 0 aliphatic carbocycles. The van der Waals surface area contributed by atoms with Crippen LogP contribution in [0.2, 0.25) is 0 Å². The minimum atomic E-state index is -1.12. The van der Waals surface area contributed by atoms with Crippen molar-refractivity contribution in [2.24, 2.45) is 0 Å². The van der Waals surface area contributed by atoms with E-state index in [2.05, 4.69) is 4.98 Å². The summed E-state index contributed by atoms with van der Waals surface area (Å²) in [5.41, 5.74) is 0.933. The van der Waals surface area contributed by atoms with E-state index >= 15 is 0 Å². The van der Waals surface area contributed by atoms with Crippen LogP contribution in [0.25, 0.3) is 0 Å². The van der Waals surface area contributed by atoms with Crippen molar-refractivity contribution < 1.29 is 13.7 Å². The number of hydrogen-bond acceptors (Lipinski definition) is 5. The van der Waals surface area contributed by atoms with Gasteiger partial charge in [-0.2, -0.15) is 0 Å². The van der Waals surface area contributed by atoms with Gasteiger partial charge in [-0.3, -0.25) is 4.21 Å². The van der Waals surface area contributed by atoms with E-state index < -0.39 is 10.8 Å². The fraction of sp³-hybridized carbons (Fsp3) is 0.357. The van der Waals surface area contributed by atoms with E-state index in [1.165, 1.54) is 0 Å². The lowest BCUT2D eigenvalue weighted by molar-refractivity contribution is 0.353. The van der Waals surface area contributed by atoms with Crippen LogP contribution in [0.5, 0.6) is 11.5 Å². The molecule has 4 nitrogen and oxygen atoms in total. The topological polar surface area (TPSA) is 48.4 Å². The van der Waals surface area contributed by atoms with Gasteiger partial charge in [-0.1, -0.05) is 0 Å². The van der Waals surface area contributed by atoms with Crippen LogP contribution in [0.1, 0.15) is 15.4 Å². The van der Waals surface area contributed by atoms with Gasteiger partial charge >= 0.3 is 0 Å². The molecule has 108 valence electrons. The number of nitrogens with zero attached hydrogens (tertiary/aromatic N) is 1. The van der Waals surface area contributed by atoms with E-state index in [0.717, 1.165) is 20.3 Å². The average Bonchev–Trinajstić information content (AvgIpc) is 2.83. The molecule has 20 heavy (non-hydrogen) atoms. The Balaban J connectivity index is 2.29. The van der Waals surface area contributed by atoms with E-state index in [1.54, 1.807) is 37.8 Å². The van der Waals surface area contributed by atoms with Crippen molar-refractivity contribution in [1.29, 1.82) is 0 Å². The Morgan fingerprint density at radius 2 is 1.85 bits per heavy atom. The highest BCUT2D eigenvalue weighted by Crippen LogP contribution is 2.32. The van der Waals surface area contributed by atoms with Crippen molar-refractivity contribution in [3.63, 3.8) is 0 Å². The van der Waals surface area contributed by atoms with Crippen molar-refractivity contribution in [2.75, 3.05) is 14.2 Å². The van der Waals surface area contributed by atoms with Crippen LogP contribution in [0.15, 0.2) is 23.2 Å². The predicted octanol–water partition coefficient (Wildman–Crippen LogP) is 3.08.